The van der Waals surface area contributed by atoms with Crippen LogP contribution in [0.25, 0.3) is 0 Å². The molecule has 2 rings (SSSR count). The first kappa shape index (κ1) is 9.41. The Labute approximate surface area is 84.1 Å². The number of rotatable bonds is 2. The van der Waals surface area contributed by atoms with Crippen molar-refractivity contribution in [2.24, 2.45) is 5.73 Å². The van der Waals surface area contributed by atoms with Gasteiger partial charge in [0.2, 0.25) is 0 Å². The van der Waals surface area contributed by atoms with Crippen molar-refractivity contribution in [2.75, 3.05) is 0 Å². The third-order valence-corrected chi connectivity index (χ3v) is 2.72. The Balaban J connectivity index is 2.36. The van der Waals surface area contributed by atoms with Crippen molar-refractivity contribution < 1.29 is 4.79 Å². The maximum Gasteiger partial charge on any atom is 0.182 e. The van der Waals surface area contributed by atoms with E-state index >= 15 is 0 Å². The second-order valence-corrected chi connectivity index (χ2v) is 4.36. The van der Waals surface area contributed by atoms with Crippen LogP contribution in [0.3, 0.4) is 0 Å². The van der Waals surface area contributed by atoms with E-state index < -0.39 is 5.54 Å². The molecule has 2 N–H and O–H groups in total. The number of hydrogen-bond acceptors (Lipinski definition) is 2. The second-order valence-electron chi connectivity index (χ2n) is 4.36. The molecular weight excluding hydrogens is 174 g/mol. The Bertz CT molecular complexity index is 371. The molecule has 74 valence electrons. The zero-order chi connectivity index (χ0) is 10.3. The minimum absolute atomic E-state index is 0.101. The van der Waals surface area contributed by atoms with E-state index in [1.54, 1.807) is 0 Å². The van der Waals surface area contributed by atoms with Gasteiger partial charge in [0.1, 0.15) is 0 Å². The van der Waals surface area contributed by atoms with Crippen molar-refractivity contribution in [1.29, 1.82) is 0 Å². The summed E-state index contributed by atoms with van der Waals surface area (Å²) in [7, 11) is 0. The highest BCUT2D eigenvalue weighted by molar-refractivity contribution is 6.05. The van der Waals surface area contributed by atoms with Gasteiger partial charge >= 0.3 is 0 Å². The average molecular weight is 189 g/mol. The Kier molecular flexibility index (Phi) is 1.96. The molecule has 0 atom stereocenters. The van der Waals surface area contributed by atoms with E-state index in [-0.39, 0.29) is 5.78 Å². The minimum Gasteiger partial charge on any atom is -0.319 e. The van der Waals surface area contributed by atoms with Gasteiger partial charge in [-0.3, -0.25) is 4.79 Å². The molecule has 1 aliphatic rings. The van der Waals surface area contributed by atoms with Crippen molar-refractivity contribution in [3.8, 4) is 0 Å². The fourth-order valence-electron chi connectivity index (χ4n) is 1.75. The van der Waals surface area contributed by atoms with Gasteiger partial charge in [0.05, 0.1) is 5.54 Å². The SMILES string of the molecule is Cc1cc(C)cc(C(=O)C2(N)CC2)c1. The normalized spacial score (nSPS) is 17.9. The van der Waals surface area contributed by atoms with Gasteiger partial charge < -0.3 is 5.73 Å². The molecule has 0 aromatic heterocycles. The summed E-state index contributed by atoms with van der Waals surface area (Å²) in [5.41, 5.74) is 8.34. The number of aryl methyl sites for hydroxylation is 2. The van der Waals surface area contributed by atoms with Crippen LogP contribution in [0.2, 0.25) is 0 Å². The maximum atomic E-state index is 11.9. The largest absolute Gasteiger partial charge is 0.319 e. The monoisotopic (exact) mass is 189 g/mol. The lowest BCUT2D eigenvalue weighted by molar-refractivity contribution is 0.0949. The van der Waals surface area contributed by atoms with E-state index in [1.807, 2.05) is 26.0 Å². The summed E-state index contributed by atoms with van der Waals surface area (Å²) in [5, 5.41) is 0. The standard InChI is InChI=1S/C12H15NO/c1-8-5-9(2)7-10(6-8)11(14)12(13)3-4-12/h5-7H,3-4,13H2,1-2H3. The van der Waals surface area contributed by atoms with Crippen LogP contribution in [-0.4, -0.2) is 11.3 Å². The number of nitrogens with two attached hydrogens (primary N) is 1. The van der Waals surface area contributed by atoms with Crippen LogP contribution in [0, 0.1) is 13.8 Å². The van der Waals surface area contributed by atoms with Crippen molar-refractivity contribution in [3.05, 3.63) is 34.9 Å². The van der Waals surface area contributed by atoms with Gasteiger partial charge in [0.15, 0.2) is 5.78 Å². The van der Waals surface area contributed by atoms with E-state index in [0.29, 0.717) is 0 Å². The first-order valence-electron chi connectivity index (χ1n) is 4.93. The van der Waals surface area contributed by atoms with E-state index in [9.17, 15) is 4.79 Å². The zero-order valence-corrected chi connectivity index (χ0v) is 8.63. The highest BCUT2D eigenvalue weighted by Crippen LogP contribution is 2.35. The van der Waals surface area contributed by atoms with Gasteiger partial charge in [-0.25, -0.2) is 0 Å². The van der Waals surface area contributed by atoms with Crippen LogP contribution in [0.15, 0.2) is 18.2 Å². The molecule has 0 spiro atoms. The summed E-state index contributed by atoms with van der Waals surface area (Å²) in [5.74, 6) is 0.101. The van der Waals surface area contributed by atoms with Crippen molar-refractivity contribution in [2.45, 2.75) is 32.2 Å². The fourth-order valence-corrected chi connectivity index (χ4v) is 1.75. The van der Waals surface area contributed by atoms with E-state index in [1.165, 1.54) is 0 Å². The van der Waals surface area contributed by atoms with Gasteiger partial charge in [-0.2, -0.15) is 0 Å². The summed E-state index contributed by atoms with van der Waals surface area (Å²) in [6, 6.07) is 5.90. The minimum atomic E-state index is -0.541. The molecule has 14 heavy (non-hydrogen) atoms. The molecule has 0 heterocycles. The summed E-state index contributed by atoms with van der Waals surface area (Å²) in [6.45, 7) is 4.00. The zero-order valence-electron chi connectivity index (χ0n) is 8.63. The van der Waals surface area contributed by atoms with E-state index in [4.69, 9.17) is 5.73 Å². The third kappa shape index (κ3) is 1.58. The molecule has 1 aromatic rings. The summed E-state index contributed by atoms with van der Waals surface area (Å²) < 4.78 is 0. The molecule has 2 nitrogen and oxygen atoms in total. The lowest BCUT2D eigenvalue weighted by Gasteiger charge is -2.08. The highest BCUT2D eigenvalue weighted by atomic mass is 16.1. The second kappa shape index (κ2) is 2.92. The van der Waals surface area contributed by atoms with Crippen LogP contribution in [0.4, 0.5) is 0 Å². The molecule has 0 saturated heterocycles. The van der Waals surface area contributed by atoms with Gasteiger partial charge in [0, 0.05) is 5.56 Å². The first-order valence-corrected chi connectivity index (χ1v) is 4.93. The van der Waals surface area contributed by atoms with Gasteiger partial charge in [-0.05, 0) is 38.8 Å². The highest BCUT2D eigenvalue weighted by Gasteiger charge is 2.45. The maximum absolute atomic E-state index is 11.9. The quantitative estimate of drug-likeness (QED) is 0.723. The first-order chi connectivity index (χ1) is 6.51. The molecular formula is C12H15NO. The molecule has 0 unspecified atom stereocenters. The molecule has 1 saturated carbocycles. The fraction of sp³-hybridized carbons (Fsp3) is 0.417. The van der Waals surface area contributed by atoms with Gasteiger partial charge in [-0.1, -0.05) is 17.2 Å². The number of Topliss-reactive ketones (excluding diaryl/α,β-unsaturated/α-hetero) is 1. The van der Waals surface area contributed by atoms with Crippen LogP contribution in [0.5, 0.6) is 0 Å². The molecule has 2 heteroatoms. The van der Waals surface area contributed by atoms with Crippen molar-refractivity contribution in [3.63, 3.8) is 0 Å². The lowest BCUT2D eigenvalue weighted by Crippen LogP contribution is -2.32. The van der Waals surface area contributed by atoms with Crippen molar-refractivity contribution in [1.82, 2.24) is 0 Å². The van der Waals surface area contributed by atoms with E-state index in [0.717, 1.165) is 29.5 Å². The molecule has 0 amide bonds. The number of ketones is 1. The number of carbonyl (C=O) groups excluding carboxylic acids is 1. The lowest BCUT2D eigenvalue weighted by atomic mass is 9.99. The van der Waals surface area contributed by atoms with Gasteiger partial charge in [0.25, 0.3) is 0 Å². The number of hydrogen-bond donors (Lipinski definition) is 1. The third-order valence-electron chi connectivity index (χ3n) is 2.72. The summed E-state index contributed by atoms with van der Waals surface area (Å²) >= 11 is 0. The molecule has 1 aliphatic carbocycles. The predicted octanol–water partition coefficient (Wildman–Crippen LogP) is 1.98. The molecule has 0 aliphatic heterocycles. The molecule has 0 radical (unpaired) electrons. The molecule has 1 aromatic carbocycles. The molecule has 1 fully saturated rings. The Morgan fingerprint density at radius 1 is 1.21 bits per heavy atom. The van der Waals surface area contributed by atoms with Gasteiger partial charge in [-0.15, -0.1) is 0 Å². The van der Waals surface area contributed by atoms with Crippen LogP contribution in [0.1, 0.15) is 34.3 Å². The van der Waals surface area contributed by atoms with Crippen LogP contribution in [-0.2, 0) is 0 Å². The summed E-state index contributed by atoms with van der Waals surface area (Å²) in [6.07, 6.45) is 1.66. The summed E-state index contributed by atoms with van der Waals surface area (Å²) in [4.78, 5) is 11.9. The Hall–Kier alpha value is -1.15. The predicted molar refractivity (Wildman–Crippen MR) is 56.4 cm³/mol. The Morgan fingerprint density at radius 3 is 2.14 bits per heavy atom. The average Bonchev–Trinajstić information content (AvgIpc) is 2.82. The number of benzene rings is 1. The smallest absolute Gasteiger partial charge is 0.182 e. The molecule has 0 bridgehead atoms. The topological polar surface area (TPSA) is 43.1 Å². The Morgan fingerprint density at radius 2 is 1.71 bits per heavy atom. The van der Waals surface area contributed by atoms with Crippen LogP contribution < -0.4 is 5.73 Å². The number of carbonyl (C=O) groups is 1. The van der Waals surface area contributed by atoms with Crippen LogP contribution >= 0.6 is 0 Å². The van der Waals surface area contributed by atoms with Crippen molar-refractivity contribution >= 4 is 5.78 Å². The van der Waals surface area contributed by atoms with E-state index in [2.05, 4.69) is 6.07 Å².